The van der Waals surface area contributed by atoms with Crippen molar-refractivity contribution in [2.45, 2.75) is 51.0 Å². The van der Waals surface area contributed by atoms with Gasteiger partial charge in [0.1, 0.15) is 18.0 Å². The average Bonchev–Trinajstić information content (AvgIpc) is 2.75. The number of aliphatic hydroxyl groups excluding tert-OH is 2. The highest BCUT2D eigenvalue weighted by Gasteiger charge is 2.17. The first-order chi connectivity index (χ1) is 14.5. The van der Waals surface area contributed by atoms with Crippen molar-refractivity contribution in [3.05, 3.63) is 84.2 Å². The van der Waals surface area contributed by atoms with Crippen LogP contribution < -0.4 is 10.6 Å². The van der Waals surface area contributed by atoms with Gasteiger partial charge in [0, 0.05) is 18.9 Å². The van der Waals surface area contributed by atoms with Crippen molar-refractivity contribution in [2.75, 3.05) is 10.6 Å². The lowest BCUT2D eigenvalue weighted by atomic mass is 10.0. The standard InChI is InChI=1S/C24H30N4O2/c1-17(21(29)13-19-9-5-3-6-10-19)27-23-15-24(26-16-25-23)28-18(2)22(30)14-20-11-7-4-8-12-20/h3-12,15-18,21-22,29-30H,13-14H2,1-2H3,(H2,25,26,27,28). The SMILES string of the molecule is CC(Nc1cc(NC(C)C(O)Cc2ccccc2)ncn1)C(O)Cc1ccccc1. The van der Waals surface area contributed by atoms with Crippen LogP contribution in [0, 0.1) is 0 Å². The van der Waals surface area contributed by atoms with E-state index in [1.807, 2.05) is 74.5 Å². The summed E-state index contributed by atoms with van der Waals surface area (Å²) >= 11 is 0. The van der Waals surface area contributed by atoms with E-state index in [2.05, 4.69) is 20.6 Å². The van der Waals surface area contributed by atoms with Crippen LogP contribution in [-0.2, 0) is 12.8 Å². The molecule has 1 aromatic heterocycles. The Hall–Kier alpha value is -2.96. The molecule has 158 valence electrons. The Bertz CT molecular complexity index is 821. The van der Waals surface area contributed by atoms with Gasteiger partial charge in [0.05, 0.1) is 24.3 Å². The molecule has 3 rings (SSSR count). The molecule has 4 N–H and O–H groups in total. The van der Waals surface area contributed by atoms with E-state index < -0.39 is 12.2 Å². The molecule has 0 aliphatic rings. The quantitative estimate of drug-likeness (QED) is 0.413. The van der Waals surface area contributed by atoms with Crippen molar-refractivity contribution < 1.29 is 10.2 Å². The lowest BCUT2D eigenvalue weighted by molar-refractivity contribution is 0.158. The van der Waals surface area contributed by atoms with Crippen LogP contribution in [0.1, 0.15) is 25.0 Å². The lowest BCUT2D eigenvalue weighted by Crippen LogP contribution is -2.33. The highest BCUT2D eigenvalue weighted by molar-refractivity contribution is 5.47. The number of aromatic nitrogens is 2. The van der Waals surface area contributed by atoms with Crippen molar-refractivity contribution in [2.24, 2.45) is 0 Å². The number of anilines is 2. The fourth-order valence-electron chi connectivity index (χ4n) is 3.24. The lowest BCUT2D eigenvalue weighted by Gasteiger charge is -2.23. The van der Waals surface area contributed by atoms with Crippen molar-refractivity contribution in [1.82, 2.24) is 9.97 Å². The van der Waals surface area contributed by atoms with E-state index in [1.165, 1.54) is 6.33 Å². The predicted molar refractivity (Wildman–Crippen MR) is 121 cm³/mol. The van der Waals surface area contributed by atoms with E-state index in [0.717, 1.165) is 11.1 Å². The summed E-state index contributed by atoms with van der Waals surface area (Å²) in [6.45, 7) is 3.85. The van der Waals surface area contributed by atoms with E-state index in [4.69, 9.17) is 0 Å². The zero-order chi connectivity index (χ0) is 21.3. The van der Waals surface area contributed by atoms with Gasteiger partial charge in [-0.3, -0.25) is 0 Å². The van der Waals surface area contributed by atoms with Crippen LogP contribution in [0.15, 0.2) is 73.1 Å². The number of hydrogen-bond acceptors (Lipinski definition) is 6. The van der Waals surface area contributed by atoms with Crippen molar-refractivity contribution in [3.8, 4) is 0 Å². The number of hydrogen-bond donors (Lipinski definition) is 4. The van der Waals surface area contributed by atoms with Gasteiger partial charge in [0.15, 0.2) is 0 Å². The Labute approximate surface area is 178 Å². The molecule has 0 saturated carbocycles. The minimum atomic E-state index is -0.551. The zero-order valence-corrected chi connectivity index (χ0v) is 17.4. The number of benzene rings is 2. The Morgan fingerprint density at radius 3 is 1.50 bits per heavy atom. The molecule has 4 atom stereocenters. The molecule has 0 bridgehead atoms. The van der Waals surface area contributed by atoms with Gasteiger partial charge in [-0.2, -0.15) is 0 Å². The number of nitrogens with one attached hydrogen (secondary N) is 2. The summed E-state index contributed by atoms with van der Waals surface area (Å²) in [5, 5.41) is 27.5. The van der Waals surface area contributed by atoms with E-state index in [9.17, 15) is 10.2 Å². The minimum absolute atomic E-state index is 0.186. The maximum absolute atomic E-state index is 10.5. The molecule has 1 heterocycles. The van der Waals surface area contributed by atoms with Gasteiger partial charge >= 0.3 is 0 Å². The van der Waals surface area contributed by atoms with Crippen LogP contribution in [-0.4, -0.2) is 44.5 Å². The number of rotatable bonds is 10. The topological polar surface area (TPSA) is 90.3 Å². The number of aliphatic hydroxyl groups is 2. The maximum Gasteiger partial charge on any atom is 0.131 e. The molecule has 30 heavy (non-hydrogen) atoms. The molecule has 0 aliphatic heterocycles. The maximum atomic E-state index is 10.5. The van der Waals surface area contributed by atoms with Gasteiger partial charge in [-0.05, 0) is 25.0 Å². The Kier molecular flexibility index (Phi) is 7.76. The first-order valence-corrected chi connectivity index (χ1v) is 10.3. The Morgan fingerprint density at radius 2 is 1.10 bits per heavy atom. The fourth-order valence-corrected chi connectivity index (χ4v) is 3.24. The van der Waals surface area contributed by atoms with E-state index in [1.54, 1.807) is 6.07 Å². The zero-order valence-electron chi connectivity index (χ0n) is 17.4. The van der Waals surface area contributed by atoms with Crippen LogP contribution in [0.3, 0.4) is 0 Å². The molecule has 0 aliphatic carbocycles. The Morgan fingerprint density at radius 1 is 0.700 bits per heavy atom. The fraction of sp³-hybridized carbons (Fsp3) is 0.333. The third-order valence-corrected chi connectivity index (χ3v) is 5.15. The smallest absolute Gasteiger partial charge is 0.131 e. The summed E-state index contributed by atoms with van der Waals surface area (Å²) in [5.74, 6) is 1.24. The molecule has 6 nitrogen and oxygen atoms in total. The molecule has 2 aromatic carbocycles. The van der Waals surface area contributed by atoms with Gasteiger partial charge in [-0.15, -0.1) is 0 Å². The molecule has 3 aromatic rings. The summed E-state index contributed by atoms with van der Waals surface area (Å²) < 4.78 is 0. The second kappa shape index (κ2) is 10.7. The molecule has 6 heteroatoms. The molecule has 0 fully saturated rings. The molecular weight excluding hydrogens is 376 g/mol. The minimum Gasteiger partial charge on any atom is -0.391 e. The van der Waals surface area contributed by atoms with E-state index in [0.29, 0.717) is 24.5 Å². The largest absolute Gasteiger partial charge is 0.391 e. The summed E-state index contributed by atoms with van der Waals surface area (Å²) in [7, 11) is 0. The van der Waals surface area contributed by atoms with Crippen LogP contribution in [0.2, 0.25) is 0 Å². The third kappa shape index (κ3) is 6.54. The van der Waals surface area contributed by atoms with E-state index in [-0.39, 0.29) is 12.1 Å². The molecular formula is C24H30N4O2. The Balaban J connectivity index is 1.54. The van der Waals surface area contributed by atoms with Gasteiger partial charge in [0.2, 0.25) is 0 Å². The normalized spacial score (nSPS) is 15.1. The molecule has 0 spiro atoms. The van der Waals surface area contributed by atoms with Crippen LogP contribution in [0.4, 0.5) is 11.6 Å². The monoisotopic (exact) mass is 406 g/mol. The first-order valence-electron chi connectivity index (χ1n) is 10.3. The highest BCUT2D eigenvalue weighted by atomic mass is 16.3. The highest BCUT2D eigenvalue weighted by Crippen LogP contribution is 2.15. The number of nitrogens with zero attached hydrogens (tertiary/aromatic N) is 2. The second-order valence-corrected chi connectivity index (χ2v) is 7.67. The molecule has 0 saturated heterocycles. The molecule has 4 unspecified atom stereocenters. The van der Waals surface area contributed by atoms with E-state index >= 15 is 0 Å². The average molecular weight is 407 g/mol. The van der Waals surface area contributed by atoms with Crippen LogP contribution in [0.5, 0.6) is 0 Å². The second-order valence-electron chi connectivity index (χ2n) is 7.67. The van der Waals surface area contributed by atoms with Crippen molar-refractivity contribution >= 4 is 11.6 Å². The van der Waals surface area contributed by atoms with Gasteiger partial charge in [0.25, 0.3) is 0 Å². The van der Waals surface area contributed by atoms with Crippen molar-refractivity contribution in [1.29, 1.82) is 0 Å². The van der Waals surface area contributed by atoms with Crippen molar-refractivity contribution in [3.63, 3.8) is 0 Å². The molecule has 0 radical (unpaired) electrons. The summed E-state index contributed by atoms with van der Waals surface area (Å²) in [6.07, 6.45) is 1.50. The van der Waals surface area contributed by atoms with Gasteiger partial charge < -0.3 is 20.8 Å². The van der Waals surface area contributed by atoms with Gasteiger partial charge in [-0.1, -0.05) is 60.7 Å². The first kappa shape index (κ1) is 21.7. The summed E-state index contributed by atoms with van der Waals surface area (Å²) in [6, 6.07) is 21.2. The van der Waals surface area contributed by atoms with Crippen LogP contribution >= 0.6 is 0 Å². The summed E-state index contributed by atoms with van der Waals surface area (Å²) in [4.78, 5) is 8.51. The summed E-state index contributed by atoms with van der Waals surface area (Å²) in [5.41, 5.74) is 2.18. The van der Waals surface area contributed by atoms with Gasteiger partial charge in [-0.25, -0.2) is 9.97 Å². The molecule has 0 amide bonds. The third-order valence-electron chi connectivity index (χ3n) is 5.15. The van der Waals surface area contributed by atoms with Crippen LogP contribution in [0.25, 0.3) is 0 Å². The predicted octanol–water partition coefficient (Wildman–Crippen LogP) is 3.28.